The predicted octanol–water partition coefficient (Wildman–Crippen LogP) is 2.92. The number of nitro benzene ring substituents is 1. The summed E-state index contributed by atoms with van der Waals surface area (Å²) in [5, 5.41) is 17.5. The molecule has 1 fully saturated rings. The highest BCUT2D eigenvalue weighted by atomic mass is 16.6. The summed E-state index contributed by atoms with van der Waals surface area (Å²) in [6.45, 7) is 3.38. The zero-order valence-electron chi connectivity index (χ0n) is 16.2. The average molecular weight is 381 g/mol. The van der Waals surface area contributed by atoms with Gasteiger partial charge in [-0.2, -0.15) is 0 Å². The van der Waals surface area contributed by atoms with Gasteiger partial charge in [0.05, 0.1) is 4.92 Å². The van der Waals surface area contributed by atoms with E-state index in [1.54, 1.807) is 19.2 Å². The van der Waals surface area contributed by atoms with Crippen molar-refractivity contribution >= 4 is 11.6 Å². The molecule has 0 amide bonds. The lowest BCUT2D eigenvalue weighted by atomic mass is 10.2. The molecule has 1 atom stereocenters. The number of nitrogens with zero attached hydrogens (tertiary/aromatic N) is 3. The van der Waals surface area contributed by atoms with E-state index in [1.165, 1.54) is 24.5 Å². The third kappa shape index (κ3) is 5.53. The standard InChI is InChI=1S/C21H27N5O2/c1-22-21(23-14-18-9-5-10-19(13-18)26(27)28)24-15-20-11-6-12-25(20)16-17-7-3-2-4-8-17/h2-5,7-10,13,20H,6,11-12,14-16H2,1H3,(H2,22,23,24). The third-order valence-corrected chi connectivity index (χ3v) is 5.04. The first-order valence-electron chi connectivity index (χ1n) is 9.61. The molecule has 7 heteroatoms. The Morgan fingerprint density at radius 2 is 1.96 bits per heavy atom. The highest BCUT2D eigenvalue weighted by Gasteiger charge is 2.24. The second-order valence-electron chi connectivity index (χ2n) is 6.99. The number of hydrogen-bond acceptors (Lipinski definition) is 4. The van der Waals surface area contributed by atoms with Crippen molar-refractivity contribution in [1.82, 2.24) is 15.5 Å². The number of rotatable bonds is 7. The van der Waals surface area contributed by atoms with Crippen LogP contribution in [-0.4, -0.2) is 42.0 Å². The molecule has 1 unspecified atom stereocenters. The fraction of sp³-hybridized carbons (Fsp3) is 0.381. The van der Waals surface area contributed by atoms with Gasteiger partial charge in [0.1, 0.15) is 0 Å². The van der Waals surface area contributed by atoms with Crippen LogP contribution in [0.3, 0.4) is 0 Å². The number of hydrogen-bond donors (Lipinski definition) is 2. The predicted molar refractivity (Wildman–Crippen MR) is 111 cm³/mol. The first kappa shape index (κ1) is 19.8. The molecule has 0 saturated carbocycles. The van der Waals surface area contributed by atoms with E-state index in [1.807, 2.05) is 12.1 Å². The summed E-state index contributed by atoms with van der Waals surface area (Å²) >= 11 is 0. The van der Waals surface area contributed by atoms with Crippen molar-refractivity contribution in [3.05, 3.63) is 75.8 Å². The van der Waals surface area contributed by atoms with Crippen molar-refractivity contribution in [2.75, 3.05) is 20.1 Å². The van der Waals surface area contributed by atoms with Crippen LogP contribution in [0.2, 0.25) is 0 Å². The monoisotopic (exact) mass is 381 g/mol. The molecule has 3 rings (SSSR count). The van der Waals surface area contributed by atoms with Crippen molar-refractivity contribution in [3.63, 3.8) is 0 Å². The summed E-state index contributed by atoms with van der Waals surface area (Å²) < 4.78 is 0. The second kappa shape index (κ2) is 9.85. The van der Waals surface area contributed by atoms with Crippen LogP contribution in [0.1, 0.15) is 24.0 Å². The Hall–Kier alpha value is -2.93. The second-order valence-corrected chi connectivity index (χ2v) is 6.99. The molecule has 0 aromatic heterocycles. The zero-order chi connectivity index (χ0) is 19.8. The fourth-order valence-electron chi connectivity index (χ4n) is 3.55. The minimum atomic E-state index is -0.377. The summed E-state index contributed by atoms with van der Waals surface area (Å²) in [5.41, 5.74) is 2.29. The Balaban J connectivity index is 1.49. The molecule has 28 heavy (non-hydrogen) atoms. The molecule has 2 aromatic rings. The highest BCUT2D eigenvalue weighted by Crippen LogP contribution is 2.19. The van der Waals surface area contributed by atoms with E-state index in [9.17, 15) is 10.1 Å². The summed E-state index contributed by atoms with van der Waals surface area (Å²) in [7, 11) is 1.74. The summed E-state index contributed by atoms with van der Waals surface area (Å²) in [6.07, 6.45) is 2.38. The topological polar surface area (TPSA) is 82.8 Å². The van der Waals surface area contributed by atoms with E-state index >= 15 is 0 Å². The molecule has 0 aliphatic carbocycles. The van der Waals surface area contributed by atoms with E-state index in [0.29, 0.717) is 18.5 Å². The number of nitrogens with one attached hydrogen (secondary N) is 2. The molecule has 1 aliphatic rings. The Labute approximate surface area is 165 Å². The van der Waals surface area contributed by atoms with Gasteiger partial charge in [-0.1, -0.05) is 42.5 Å². The van der Waals surface area contributed by atoms with Gasteiger partial charge in [-0.15, -0.1) is 0 Å². The summed E-state index contributed by atoms with van der Waals surface area (Å²) in [5.74, 6) is 0.707. The Morgan fingerprint density at radius 1 is 1.18 bits per heavy atom. The Bertz CT molecular complexity index is 809. The van der Waals surface area contributed by atoms with Crippen molar-refractivity contribution in [3.8, 4) is 0 Å². The molecule has 0 spiro atoms. The molecular formula is C21H27N5O2. The van der Waals surface area contributed by atoms with Crippen LogP contribution in [-0.2, 0) is 13.1 Å². The number of non-ortho nitro benzene ring substituents is 1. The number of aliphatic imine (C=N–C) groups is 1. The third-order valence-electron chi connectivity index (χ3n) is 5.04. The van der Waals surface area contributed by atoms with Gasteiger partial charge in [0.15, 0.2) is 5.96 Å². The molecule has 1 saturated heterocycles. The summed E-state index contributed by atoms with van der Waals surface area (Å²) in [4.78, 5) is 17.3. The lowest BCUT2D eigenvalue weighted by Crippen LogP contribution is -2.44. The van der Waals surface area contributed by atoms with E-state index in [0.717, 1.165) is 25.2 Å². The van der Waals surface area contributed by atoms with E-state index in [-0.39, 0.29) is 10.6 Å². The van der Waals surface area contributed by atoms with Crippen LogP contribution in [0.25, 0.3) is 0 Å². The number of likely N-dealkylation sites (tertiary alicyclic amines) is 1. The van der Waals surface area contributed by atoms with Gasteiger partial charge in [-0.3, -0.25) is 20.0 Å². The molecule has 0 radical (unpaired) electrons. The molecule has 2 N–H and O–H groups in total. The smallest absolute Gasteiger partial charge is 0.269 e. The molecule has 7 nitrogen and oxygen atoms in total. The van der Waals surface area contributed by atoms with Crippen LogP contribution >= 0.6 is 0 Å². The minimum Gasteiger partial charge on any atom is -0.355 e. The minimum absolute atomic E-state index is 0.102. The number of nitro groups is 1. The van der Waals surface area contributed by atoms with Crippen LogP contribution in [0.5, 0.6) is 0 Å². The first-order valence-corrected chi connectivity index (χ1v) is 9.61. The molecule has 1 aliphatic heterocycles. The Kier molecular flexibility index (Phi) is 6.97. The van der Waals surface area contributed by atoms with Gasteiger partial charge < -0.3 is 10.6 Å². The largest absolute Gasteiger partial charge is 0.355 e. The first-order chi connectivity index (χ1) is 13.7. The molecular weight excluding hydrogens is 354 g/mol. The van der Waals surface area contributed by atoms with Gasteiger partial charge in [-0.25, -0.2) is 0 Å². The van der Waals surface area contributed by atoms with Gasteiger partial charge in [0.25, 0.3) is 5.69 Å². The van der Waals surface area contributed by atoms with Crippen molar-refractivity contribution in [2.45, 2.75) is 32.0 Å². The van der Waals surface area contributed by atoms with Gasteiger partial charge in [0, 0.05) is 44.9 Å². The SMILES string of the molecule is CN=C(NCc1cccc([N+](=O)[O-])c1)NCC1CCCN1Cc1ccccc1. The number of guanidine groups is 1. The van der Waals surface area contributed by atoms with Crippen molar-refractivity contribution < 1.29 is 4.92 Å². The van der Waals surface area contributed by atoms with Crippen LogP contribution < -0.4 is 10.6 Å². The Morgan fingerprint density at radius 3 is 2.71 bits per heavy atom. The van der Waals surface area contributed by atoms with Crippen LogP contribution in [0.4, 0.5) is 5.69 Å². The zero-order valence-corrected chi connectivity index (χ0v) is 16.2. The summed E-state index contributed by atoms with van der Waals surface area (Å²) in [6, 6.07) is 17.7. The quantitative estimate of drug-likeness (QED) is 0.333. The molecule has 2 aromatic carbocycles. The van der Waals surface area contributed by atoms with Crippen LogP contribution in [0, 0.1) is 10.1 Å². The maximum Gasteiger partial charge on any atom is 0.269 e. The maximum absolute atomic E-state index is 10.9. The average Bonchev–Trinajstić information content (AvgIpc) is 3.16. The lowest BCUT2D eigenvalue weighted by Gasteiger charge is -2.25. The maximum atomic E-state index is 10.9. The van der Waals surface area contributed by atoms with Gasteiger partial charge >= 0.3 is 0 Å². The highest BCUT2D eigenvalue weighted by molar-refractivity contribution is 5.79. The number of benzene rings is 2. The van der Waals surface area contributed by atoms with Crippen LogP contribution in [0.15, 0.2) is 59.6 Å². The lowest BCUT2D eigenvalue weighted by molar-refractivity contribution is -0.384. The molecule has 1 heterocycles. The van der Waals surface area contributed by atoms with Gasteiger partial charge in [0.2, 0.25) is 0 Å². The van der Waals surface area contributed by atoms with Gasteiger partial charge in [-0.05, 0) is 30.5 Å². The van der Waals surface area contributed by atoms with E-state index in [4.69, 9.17) is 0 Å². The molecule has 148 valence electrons. The normalized spacial score (nSPS) is 17.5. The van der Waals surface area contributed by atoms with E-state index < -0.39 is 0 Å². The van der Waals surface area contributed by atoms with Crippen molar-refractivity contribution in [2.24, 2.45) is 4.99 Å². The molecule has 0 bridgehead atoms. The van der Waals surface area contributed by atoms with Crippen molar-refractivity contribution in [1.29, 1.82) is 0 Å². The van der Waals surface area contributed by atoms with E-state index in [2.05, 4.69) is 44.8 Å². The fourth-order valence-corrected chi connectivity index (χ4v) is 3.55.